The minimum atomic E-state index is -0.633. The van der Waals surface area contributed by atoms with Crippen LogP contribution in [0.4, 0.5) is 0 Å². The molecule has 1 aromatic rings. The molecule has 0 atom stereocenters. The van der Waals surface area contributed by atoms with Crippen molar-refractivity contribution in [1.29, 1.82) is 0 Å². The number of carbonyl (C=O) groups is 1. The molecule has 0 saturated carbocycles. The van der Waals surface area contributed by atoms with E-state index in [1.807, 2.05) is 26.0 Å². The zero-order valence-electron chi connectivity index (χ0n) is 11.9. The molecule has 0 radical (unpaired) electrons. The third-order valence-corrected chi connectivity index (χ3v) is 2.97. The van der Waals surface area contributed by atoms with Gasteiger partial charge < -0.3 is 4.74 Å². The molecule has 0 heterocycles. The lowest BCUT2D eigenvalue weighted by atomic mass is 9.94. The van der Waals surface area contributed by atoms with E-state index in [4.69, 9.17) is 4.74 Å². The van der Waals surface area contributed by atoms with Crippen LogP contribution in [0, 0.1) is 0 Å². The van der Waals surface area contributed by atoms with E-state index in [0.717, 1.165) is 5.56 Å². The molecular weight excluding hydrogens is 224 g/mol. The van der Waals surface area contributed by atoms with Gasteiger partial charge in [0.2, 0.25) is 0 Å². The van der Waals surface area contributed by atoms with Crippen molar-refractivity contribution >= 4 is 5.97 Å². The molecule has 2 nitrogen and oxygen atoms in total. The van der Waals surface area contributed by atoms with Crippen molar-refractivity contribution in [2.24, 2.45) is 0 Å². The summed E-state index contributed by atoms with van der Waals surface area (Å²) < 4.78 is 5.45. The number of carbonyl (C=O) groups excluding carboxylic acids is 1. The highest BCUT2D eigenvalue weighted by molar-refractivity contribution is 5.87. The van der Waals surface area contributed by atoms with E-state index in [0.29, 0.717) is 11.5 Å². The lowest BCUT2D eigenvalue weighted by Gasteiger charge is -2.26. The van der Waals surface area contributed by atoms with Crippen LogP contribution in [0.5, 0.6) is 0 Å². The zero-order valence-corrected chi connectivity index (χ0v) is 11.9. The van der Waals surface area contributed by atoms with Gasteiger partial charge in [-0.2, -0.15) is 0 Å². The van der Waals surface area contributed by atoms with Gasteiger partial charge >= 0.3 is 5.97 Å². The Balaban J connectivity index is 2.91. The van der Waals surface area contributed by atoms with Crippen LogP contribution < -0.4 is 0 Å². The predicted molar refractivity (Wildman–Crippen MR) is 74.5 cm³/mol. The van der Waals surface area contributed by atoms with E-state index >= 15 is 0 Å². The Hall–Kier alpha value is -1.57. The fourth-order valence-electron chi connectivity index (χ4n) is 1.65. The fourth-order valence-corrected chi connectivity index (χ4v) is 1.65. The van der Waals surface area contributed by atoms with Crippen LogP contribution in [0.1, 0.15) is 51.7 Å². The van der Waals surface area contributed by atoms with Gasteiger partial charge in [0.25, 0.3) is 0 Å². The molecule has 0 saturated heterocycles. The minimum Gasteiger partial charge on any atom is -0.451 e. The minimum absolute atomic E-state index is 0.354. The molecular formula is C16H22O2. The maximum Gasteiger partial charge on any atom is 0.333 e. The number of esters is 1. The third-order valence-electron chi connectivity index (χ3n) is 2.97. The Morgan fingerprint density at radius 1 is 1.22 bits per heavy atom. The molecule has 2 heteroatoms. The van der Waals surface area contributed by atoms with E-state index in [1.54, 1.807) is 6.92 Å². The van der Waals surface area contributed by atoms with Gasteiger partial charge in [0.15, 0.2) is 0 Å². The molecule has 0 aliphatic carbocycles. The van der Waals surface area contributed by atoms with Crippen molar-refractivity contribution < 1.29 is 9.53 Å². The molecule has 0 fully saturated rings. The molecule has 0 aromatic heterocycles. The molecule has 0 N–H and O–H groups in total. The summed E-state index contributed by atoms with van der Waals surface area (Å²) in [6.07, 6.45) is 0. The average Bonchev–Trinajstić information content (AvgIpc) is 2.28. The summed E-state index contributed by atoms with van der Waals surface area (Å²) in [4.78, 5) is 11.6. The second kappa shape index (κ2) is 5.38. The summed E-state index contributed by atoms with van der Waals surface area (Å²) in [5.74, 6) is 0.146. The summed E-state index contributed by atoms with van der Waals surface area (Å²) in [7, 11) is 0. The van der Waals surface area contributed by atoms with Crippen molar-refractivity contribution in [2.45, 2.75) is 46.1 Å². The number of ether oxygens (including phenoxy) is 1. The highest BCUT2D eigenvalue weighted by Gasteiger charge is 2.25. The van der Waals surface area contributed by atoms with Crippen LogP contribution in [-0.4, -0.2) is 5.97 Å². The molecule has 0 bridgehead atoms. The molecule has 18 heavy (non-hydrogen) atoms. The predicted octanol–water partition coefficient (Wildman–Crippen LogP) is 4.16. The average molecular weight is 246 g/mol. The van der Waals surface area contributed by atoms with Crippen molar-refractivity contribution in [3.8, 4) is 0 Å². The third kappa shape index (κ3) is 3.46. The SMILES string of the molecule is C=C(C)C(=O)OC(C)(C)c1ccc(C(C)C)cc1. The van der Waals surface area contributed by atoms with E-state index < -0.39 is 5.60 Å². The number of hydrogen-bond acceptors (Lipinski definition) is 2. The first-order chi connectivity index (χ1) is 8.24. The Morgan fingerprint density at radius 3 is 2.11 bits per heavy atom. The lowest BCUT2D eigenvalue weighted by molar-refractivity contribution is -0.152. The van der Waals surface area contributed by atoms with Gasteiger partial charge in [-0.3, -0.25) is 0 Å². The lowest BCUT2D eigenvalue weighted by Crippen LogP contribution is -2.25. The summed E-state index contributed by atoms with van der Waals surface area (Å²) in [6.45, 7) is 13.3. The quantitative estimate of drug-likeness (QED) is 0.589. The first-order valence-electron chi connectivity index (χ1n) is 6.23. The van der Waals surface area contributed by atoms with Crippen LogP contribution in [0.3, 0.4) is 0 Å². The molecule has 0 amide bonds. The number of benzene rings is 1. The topological polar surface area (TPSA) is 26.3 Å². The van der Waals surface area contributed by atoms with Gasteiger partial charge in [0.05, 0.1) is 0 Å². The maximum atomic E-state index is 11.6. The monoisotopic (exact) mass is 246 g/mol. The number of rotatable bonds is 4. The van der Waals surface area contributed by atoms with Crippen LogP contribution in [0.15, 0.2) is 36.4 Å². The molecule has 98 valence electrons. The molecule has 1 aromatic carbocycles. The fraction of sp³-hybridized carbons (Fsp3) is 0.438. The van der Waals surface area contributed by atoms with Crippen LogP contribution in [0.25, 0.3) is 0 Å². The van der Waals surface area contributed by atoms with Gasteiger partial charge in [0.1, 0.15) is 5.60 Å². The summed E-state index contributed by atoms with van der Waals surface area (Å²) in [5.41, 5.74) is 2.05. The van der Waals surface area contributed by atoms with Crippen LogP contribution in [0.2, 0.25) is 0 Å². The Morgan fingerprint density at radius 2 is 1.72 bits per heavy atom. The maximum absolute atomic E-state index is 11.6. The highest BCUT2D eigenvalue weighted by Crippen LogP contribution is 2.27. The largest absolute Gasteiger partial charge is 0.451 e. The van der Waals surface area contributed by atoms with Gasteiger partial charge in [0, 0.05) is 5.57 Å². The van der Waals surface area contributed by atoms with Crippen molar-refractivity contribution in [1.82, 2.24) is 0 Å². The van der Waals surface area contributed by atoms with E-state index in [9.17, 15) is 4.79 Å². The first kappa shape index (κ1) is 14.5. The van der Waals surface area contributed by atoms with E-state index in [1.165, 1.54) is 5.56 Å². The highest BCUT2D eigenvalue weighted by atomic mass is 16.6. The Labute approximate surface area is 110 Å². The molecule has 0 spiro atoms. The summed E-state index contributed by atoms with van der Waals surface area (Å²) in [6, 6.07) is 8.19. The van der Waals surface area contributed by atoms with Gasteiger partial charge in [-0.1, -0.05) is 44.7 Å². The van der Waals surface area contributed by atoms with Gasteiger partial charge in [-0.15, -0.1) is 0 Å². The standard InChI is InChI=1S/C16H22O2/c1-11(2)13-7-9-14(10-8-13)16(5,6)18-15(17)12(3)4/h7-11H,3H2,1-2,4-6H3. The Kier molecular flexibility index (Phi) is 4.33. The van der Waals surface area contributed by atoms with Gasteiger partial charge in [-0.25, -0.2) is 4.79 Å². The van der Waals surface area contributed by atoms with Gasteiger partial charge in [-0.05, 0) is 37.8 Å². The second-order valence-electron chi connectivity index (χ2n) is 5.46. The van der Waals surface area contributed by atoms with Crippen molar-refractivity contribution in [2.75, 3.05) is 0 Å². The van der Waals surface area contributed by atoms with Crippen molar-refractivity contribution in [3.05, 3.63) is 47.5 Å². The summed E-state index contributed by atoms with van der Waals surface area (Å²) >= 11 is 0. The second-order valence-corrected chi connectivity index (χ2v) is 5.46. The normalized spacial score (nSPS) is 11.4. The molecule has 1 rings (SSSR count). The van der Waals surface area contributed by atoms with E-state index in [-0.39, 0.29) is 5.97 Å². The molecule has 0 aliphatic rings. The first-order valence-corrected chi connectivity index (χ1v) is 6.23. The smallest absolute Gasteiger partial charge is 0.333 e. The number of hydrogen-bond donors (Lipinski definition) is 0. The zero-order chi connectivity index (χ0) is 13.9. The Bertz CT molecular complexity index is 439. The summed E-state index contributed by atoms with van der Waals surface area (Å²) in [5, 5.41) is 0. The molecule has 0 aliphatic heterocycles. The van der Waals surface area contributed by atoms with E-state index in [2.05, 4.69) is 32.6 Å². The van der Waals surface area contributed by atoms with Crippen LogP contribution in [-0.2, 0) is 15.1 Å². The van der Waals surface area contributed by atoms with Crippen molar-refractivity contribution in [3.63, 3.8) is 0 Å². The van der Waals surface area contributed by atoms with Crippen LogP contribution >= 0.6 is 0 Å². The molecule has 0 unspecified atom stereocenters.